The molecule has 1 fully saturated rings. The van der Waals surface area contributed by atoms with Crippen LogP contribution in [0.3, 0.4) is 0 Å². The first-order valence-electron chi connectivity index (χ1n) is 6.79. The minimum atomic E-state index is -0.309. The zero-order valence-corrected chi connectivity index (χ0v) is 11.7. The Kier molecular flexibility index (Phi) is 4.72. The molecule has 1 unspecified atom stereocenters. The Morgan fingerprint density at radius 3 is 3.10 bits per heavy atom. The molecule has 0 saturated carbocycles. The Morgan fingerprint density at radius 1 is 1.57 bits per heavy atom. The van der Waals surface area contributed by atoms with Crippen molar-refractivity contribution in [2.75, 3.05) is 13.1 Å². The molecule has 21 heavy (non-hydrogen) atoms. The van der Waals surface area contributed by atoms with Crippen LogP contribution in [0.4, 0.5) is 0 Å². The van der Waals surface area contributed by atoms with Crippen molar-refractivity contribution in [3.05, 3.63) is 48.0 Å². The van der Waals surface area contributed by atoms with Crippen molar-refractivity contribution in [2.24, 2.45) is 5.92 Å². The maximum atomic E-state index is 12.1. The van der Waals surface area contributed by atoms with E-state index >= 15 is 0 Å². The first-order valence-corrected chi connectivity index (χ1v) is 6.79. The molecule has 0 spiro atoms. The third kappa shape index (κ3) is 3.69. The van der Waals surface area contributed by atoms with E-state index in [9.17, 15) is 9.59 Å². The third-order valence-corrected chi connectivity index (χ3v) is 3.46. The monoisotopic (exact) mass is 283 g/mol. The van der Waals surface area contributed by atoms with Gasteiger partial charge in [-0.1, -0.05) is 18.2 Å². The van der Waals surface area contributed by atoms with Gasteiger partial charge in [0.25, 0.3) is 0 Å². The van der Waals surface area contributed by atoms with Gasteiger partial charge in [-0.2, -0.15) is 5.26 Å². The molecule has 108 valence electrons. The van der Waals surface area contributed by atoms with Crippen LogP contribution in [0.5, 0.6) is 0 Å². The lowest BCUT2D eigenvalue weighted by Crippen LogP contribution is -2.32. The maximum absolute atomic E-state index is 12.1. The van der Waals surface area contributed by atoms with Crippen molar-refractivity contribution in [1.29, 1.82) is 5.26 Å². The van der Waals surface area contributed by atoms with Gasteiger partial charge in [-0.05, 0) is 17.7 Å². The molecule has 0 aromatic heterocycles. The third-order valence-electron chi connectivity index (χ3n) is 3.46. The number of carbonyl (C=O) groups excluding carboxylic acids is 2. The summed E-state index contributed by atoms with van der Waals surface area (Å²) in [6.07, 6.45) is 1.91. The average molecular weight is 283 g/mol. The molecule has 2 amide bonds. The van der Waals surface area contributed by atoms with E-state index in [-0.39, 0.29) is 24.2 Å². The van der Waals surface area contributed by atoms with Crippen LogP contribution >= 0.6 is 0 Å². The second kappa shape index (κ2) is 6.71. The van der Waals surface area contributed by atoms with Crippen LogP contribution < -0.4 is 5.32 Å². The summed E-state index contributed by atoms with van der Waals surface area (Å²) in [6.45, 7) is 4.88. The van der Waals surface area contributed by atoms with Crippen LogP contribution in [0, 0.1) is 17.2 Å². The molecule has 1 aliphatic rings. The van der Waals surface area contributed by atoms with Crippen molar-refractivity contribution in [3.8, 4) is 6.07 Å². The Balaban J connectivity index is 1.89. The van der Waals surface area contributed by atoms with Gasteiger partial charge in [0.1, 0.15) is 0 Å². The largest absolute Gasteiger partial charge is 0.352 e. The first kappa shape index (κ1) is 14.8. The highest BCUT2D eigenvalue weighted by molar-refractivity contribution is 5.89. The van der Waals surface area contributed by atoms with E-state index in [2.05, 4.69) is 18.0 Å². The maximum Gasteiger partial charge on any atom is 0.225 e. The second-order valence-corrected chi connectivity index (χ2v) is 5.02. The van der Waals surface area contributed by atoms with Gasteiger partial charge in [0.15, 0.2) is 0 Å². The van der Waals surface area contributed by atoms with Crippen LogP contribution in [0.1, 0.15) is 17.5 Å². The van der Waals surface area contributed by atoms with E-state index in [4.69, 9.17) is 5.26 Å². The fraction of sp³-hybridized carbons (Fsp3) is 0.312. The minimum absolute atomic E-state index is 0.0125. The summed E-state index contributed by atoms with van der Waals surface area (Å²) in [5, 5.41) is 11.7. The molecule has 0 radical (unpaired) electrons. The molecule has 1 aromatic carbocycles. The predicted molar refractivity (Wildman–Crippen MR) is 77.9 cm³/mol. The van der Waals surface area contributed by atoms with Gasteiger partial charge < -0.3 is 10.2 Å². The van der Waals surface area contributed by atoms with Gasteiger partial charge in [-0.15, -0.1) is 6.58 Å². The summed E-state index contributed by atoms with van der Waals surface area (Å²) in [4.78, 5) is 25.4. The molecular weight excluding hydrogens is 266 g/mol. The molecule has 0 bridgehead atoms. The van der Waals surface area contributed by atoms with E-state index in [1.54, 1.807) is 29.2 Å². The molecule has 0 aliphatic carbocycles. The topological polar surface area (TPSA) is 73.2 Å². The van der Waals surface area contributed by atoms with Crippen LogP contribution in [0.2, 0.25) is 0 Å². The van der Waals surface area contributed by atoms with Gasteiger partial charge in [0, 0.05) is 26.1 Å². The highest BCUT2D eigenvalue weighted by atomic mass is 16.2. The number of carbonyl (C=O) groups is 2. The second-order valence-electron chi connectivity index (χ2n) is 5.02. The van der Waals surface area contributed by atoms with Crippen LogP contribution in [-0.4, -0.2) is 29.8 Å². The summed E-state index contributed by atoms with van der Waals surface area (Å²) in [6, 6.07) is 9.15. The molecule has 1 aromatic rings. The van der Waals surface area contributed by atoms with Crippen molar-refractivity contribution >= 4 is 11.8 Å². The van der Waals surface area contributed by atoms with Gasteiger partial charge >= 0.3 is 0 Å². The Labute approximate surface area is 123 Å². The molecule has 2 rings (SSSR count). The van der Waals surface area contributed by atoms with Crippen molar-refractivity contribution in [2.45, 2.75) is 13.0 Å². The number of amides is 2. The fourth-order valence-corrected chi connectivity index (χ4v) is 2.36. The van der Waals surface area contributed by atoms with Crippen molar-refractivity contribution < 1.29 is 9.59 Å². The highest BCUT2D eigenvalue weighted by Gasteiger charge is 2.33. The van der Waals surface area contributed by atoms with Crippen LogP contribution in [-0.2, 0) is 16.1 Å². The minimum Gasteiger partial charge on any atom is -0.352 e. The molecule has 1 aliphatic heterocycles. The van der Waals surface area contributed by atoms with Gasteiger partial charge in [-0.25, -0.2) is 0 Å². The van der Waals surface area contributed by atoms with Gasteiger partial charge in [0.05, 0.1) is 17.6 Å². The lowest BCUT2D eigenvalue weighted by atomic mass is 10.1. The summed E-state index contributed by atoms with van der Waals surface area (Å²) in [5.74, 6) is -0.449. The number of nitrogens with one attached hydrogen (secondary N) is 1. The predicted octanol–water partition coefficient (Wildman–Crippen LogP) is 1.21. The summed E-state index contributed by atoms with van der Waals surface area (Å²) < 4.78 is 0. The zero-order chi connectivity index (χ0) is 15.2. The summed E-state index contributed by atoms with van der Waals surface area (Å²) in [5.41, 5.74) is 1.43. The van der Waals surface area contributed by atoms with Crippen molar-refractivity contribution in [1.82, 2.24) is 10.2 Å². The zero-order valence-electron chi connectivity index (χ0n) is 11.7. The molecular formula is C16H17N3O2. The van der Waals surface area contributed by atoms with Crippen LogP contribution in [0.15, 0.2) is 36.9 Å². The van der Waals surface area contributed by atoms with Crippen LogP contribution in [0.25, 0.3) is 0 Å². The molecule has 5 heteroatoms. The van der Waals surface area contributed by atoms with E-state index < -0.39 is 0 Å². The number of benzene rings is 1. The quantitative estimate of drug-likeness (QED) is 0.825. The Morgan fingerprint density at radius 2 is 2.38 bits per heavy atom. The lowest BCUT2D eigenvalue weighted by molar-refractivity contribution is -0.128. The van der Waals surface area contributed by atoms with Gasteiger partial charge in [0.2, 0.25) is 11.8 Å². The fourth-order valence-electron chi connectivity index (χ4n) is 2.36. The smallest absolute Gasteiger partial charge is 0.225 e. The Bertz CT molecular complexity index is 604. The average Bonchev–Trinajstić information content (AvgIpc) is 2.87. The molecule has 1 N–H and O–H groups in total. The molecule has 1 heterocycles. The Hall–Kier alpha value is -2.61. The van der Waals surface area contributed by atoms with Gasteiger partial charge in [-0.3, -0.25) is 9.59 Å². The highest BCUT2D eigenvalue weighted by Crippen LogP contribution is 2.17. The van der Waals surface area contributed by atoms with E-state index in [1.165, 1.54) is 0 Å². The molecule has 1 saturated heterocycles. The summed E-state index contributed by atoms with van der Waals surface area (Å²) in [7, 11) is 0. The van der Waals surface area contributed by atoms with E-state index in [0.29, 0.717) is 25.2 Å². The SMILES string of the molecule is C=CCN1CC(C(=O)NCc2cccc(C#N)c2)CC1=O. The van der Waals surface area contributed by atoms with Crippen molar-refractivity contribution in [3.63, 3.8) is 0 Å². The number of nitrogens with zero attached hydrogens (tertiary/aromatic N) is 2. The normalized spacial score (nSPS) is 17.4. The molecule has 5 nitrogen and oxygen atoms in total. The summed E-state index contributed by atoms with van der Waals surface area (Å²) >= 11 is 0. The molecule has 1 atom stereocenters. The lowest BCUT2D eigenvalue weighted by Gasteiger charge is -2.14. The number of rotatable bonds is 5. The van der Waals surface area contributed by atoms with E-state index in [0.717, 1.165) is 5.56 Å². The first-order chi connectivity index (χ1) is 10.1. The number of likely N-dealkylation sites (tertiary alicyclic amines) is 1. The number of hydrogen-bond donors (Lipinski definition) is 1. The number of nitriles is 1. The number of hydrogen-bond acceptors (Lipinski definition) is 3. The van der Waals surface area contributed by atoms with E-state index in [1.807, 2.05) is 6.07 Å². The standard InChI is InChI=1S/C16H17N3O2/c1-2-6-19-11-14(8-15(19)20)16(21)18-10-13-5-3-4-12(7-13)9-17/h2-5,7,14H,1,6,8,10-11H2,(H,18,21).